The summed E-state index contributed by atoms with van der Waals surface area (Å²) in [6.07, 6.45) is 2.40. The van der Waals surface area contributed by atoms with Gasteiger partial charge >= 0.3 is 0 Å². The Labute approximate surface area is 116 Å². The van der Waals surface area contributed by atoms with E-state index in [2.05, 4.69) is 42.3 Å². The van der Waals surface area contributed by atoms with E-state index in [9.17, 15) is 5.11 Å². The minimum atomic E-state index is 0.322. The van der Waals surface area contributed by atoms with Crippen LogP contribution in [0.25, 0.3) is 0 Å². The molecule has 108 valence electrons. The second-order valence-electron chi connectivity index (χ2n) is 6.03. The maximum absolute atomic E-state index is 9.23. The summed E-state index contributed by atoms with van der Waals surface area (Å²) in [6, 6.07) is 0. The third kappa shape index (κ3) is 3.18. The number of aliphatic hydroxyl groups is 1. The summed E-state index contributed by atoms with van der Waals surface area (Å²) >= 11 is 0. The van der Waals surface area contributed by atoms with Crippen LogP contribution in [0, 0.1) is 25.7 Å². The molecule has 0 bridgehead atoms. The Morgan fingerprint density at radius 1 is 1.32 bits per heavy atom. The third-order valence-corrected chi connectivity index (χ3v) is 4.80. The van der Waals surface area contributed by atoms with Gasteiger partial charge in [-0.15, -0.1) is 0 Å². The fourth-order valence-corrected chi connectivity index (χ4v) is 2.96. The van der Waals surface area contributed by atoms with Crippen molar-refractivity contribution in [3.8, 4) is 0 Å². The summed E-state index contributed by atoms with van der Waals surface area (Å²) in [6.45, 7) is 9.88. The summed E-state index contributed by atoms with van der Waals surface area (Å²) < 4.78 is 2.21. The molecule has 0 amide bonds. The average molecular weight is 265 g/mol. The summed E-state index contributed by atoms with van der Waals surface area (Å²) in [5, 5.41) is 9.23. The molecule has 0 saturated carbocycles. The molecule has 0 aliphatic carbocycles. The quantitative estimate of drug-likeness (QED) is 0.903. The van der Waals surface area contributed by atoms with Gasteiger partial charge in [-0.3, -0.25) is 4.90 Å². The van der Waals surface area contributed by atoms with E-state index in [1.807, 2.05) is 0 Å². The zero-order chi connectivity index (χ0) is 14.0. The highest BCUT2D eigenvalue weighted by atomic mass is 16.3. The van der Waals surface area contributed by atoms with Crippen molar-refractivity contribution in [2.75, 3.05) is 19.7 Å². The Balaban J connectivity index is 1.90. The first-order valence-electron chi connectivity index (χ1n) is 7.35. The Kier molecular flexibility index (Phi) is 4.63. The number of aliphatic hydroxyl groups excluding tert-OH is 1. The molecule has 1 atom stereocenters. The van der Waals surface area contributed by atoms with Crippen LogP contribution < -0.4 is 0 Å². The molecule has 2 rings (SSSR count). The first kappa shape index (κ1) is 14.5. The molecule has 1 saturated heterocycles. The van der Waals surface area contributed by atoms with Crippen molar-refractivity contribution < 1.29 is 5.11 Å². The molecule has 1 aromatic heterocycles. The lowest BCUT2D eigenvalue weighted by Gasteiger charge is -2.34. The van der Waals surface area contributed by atoms with Crippen molar-refractivity contribution in [1.29, 1.82) is 0 Å². The van der Waals surface area contributed by atoms with Crippen molar-refractivity contribution in [2.24, 2.45) is 18.9 Å². The van der Waals surface area contributed by atoms with Crippen molar-refractivity contribution >= 4 is 0 Å². The van der Waals surface area contributed by atoms with Crippen molar-refractivity contribution in [2.45, 2.75) is 40.2 Å². The van der Waals surface area contributed by atoms with E-state index in [-0.39, 0.29) is 0 Å². The molecular formula is C15H27N3O. The van der Waals surface area contributed by atoms with E-state index in [0.29, 0.717) is 18.4 Å². The molecule has 0 aromatic carbocycles. The van der Waals surface area contributed by atoms with Crippen LogP contribution in [0.3, 0.4) is 0 Å². The summed E-state index contributed by atoms with van der Waals surface area (Å²) in [4.78, 5) is 7.14. The molecule has 1 N–H and O–H groups in total. The van der Waals surface area contributed by atoms with Crippen molar-refractivity contribution in [3.63, 3.8) is 0 Å². The summed E-state index contributed by atoms with van der Waals surface area (Å²) in [5.41, 5.74) is 2.40. The van der Waals surface area contributed by atoms with Crippen LogP contribution >= 0.6 is 0 Å². The van der Waals surface area contributed by atoms with Gasteiger partial charge < -0.3 is 9.67 Å². The average Bonchev–Trinajstić information content (AvgIpc) is 2.66. The molecule has 1 fully saturated rings. The van der Waals surface area contributed by atoms with Gasteiger partial charge in [-0.1, -0.05) is 6.92 Å². The second kappa shape index (κ2) is 6.06. The highest BCUT2D eigenvalue weighted by Gasteiger charge is 2.24. The maximum atomic E-state index is 9.23. The Morgan fingerprint density at radius 2 is 1.95 bits per heavy atom. The number of hydrogen-bond donors (Lipinski definition) is 1. The van der Waals surface area contributed by atoms with E-state index < -0.39 is 0 Å². The smallest absolute Gasteiger partial charge is 0.123 e. The number of aryl methyl sites for hydroxylation is 1. The summed E-state index contributed by atoms with van der Waals surface area (Å²) in [5.74, 6) is 2.30. The lowest BCUT2D eigenvalue weighted by atomic mass is 9.86. The van der Waals surface area contributed by atoms with Gasteiger partial charge in [0.25, 0.3) is 0 Å². The number of piperidine rings is 1. The van der Waals surface area contributed by atoms with E-state index in [0.717, 1.165) is 25.3 Å². The van der Waals surface area contributed by atoms with Crippen LogP contribution in [0.5, 0.6) is 0 Å². The van der Waals surface area contributed by atoms with Crippen molar-refractivity contribution in [3.05, 3.63) is 17.2 Å². The van der Waals surface area contributed by atoms with E-state index in [1.165, 1.54) is 24.4 Å². The highest BCUT2D eigenvalue weighted by Crippen LogP contribution is 2.25. The normalized spacial score (nSPS) is 19.8. The lowest BCUT2D eigenvalue weighted by molar-refractivity contribution is 0.110. The predicted molar refractivity (Wildman–Crippen MR) is 76.9 cm³/mol. The van der Waals surface area contributed by atoms with Crippen molar-refractivity contribution in [1.82, 2.24) is 14.5 Å². The van der Waals surface area contributed by atoms with Crippen LogP contribution in [-0.2, 0) is 13.6 Å². The molecule has 0 spiro atoms. The Morgan fingerprint density at radius 3 is 2.42 bits per heavy atom. The number of rotatable bonds is 4. The fourth-order valence-electron chi connectivity index (χ4n) is 2.96. The van der Waals surface area contributed by atoms with Gasteiger partial charge in [0.1, 0.15) is 5.82 Å². The molecule has 19 heavy (non-hydrogen) atoms. The fraction of sp³-hybridized carbons (Fsp3) is 0.800. The largest absolute Gasteiger partial charge is 0.396 e. The van der Waals surface area contributed by atoms with Crippen LogP contribution in [0.15, 0.2) is 0 Å². The molecule has 1 aliphatic rings. The molecule has 0 unspecified atom stereocenters. The van der Waals surface area contributed by atoms with Gasteiger partial charge in [-0.05, 0) is 51.6 Å². The lowest BCUT2D eigenvalue weighted by Crippen LogP contribution is -2.36. The minimum Gasteiger partial charge on any atom is -0.396 e. The van der Waals surface area contributed by atoms with Gasteiger partial charge in [0.2, 0.25) is 0 Å². The molecule has 1 aliphatic heterocycles. The standard InChI is InChI=1S/C15H27N3O/c1-11(10-19)14-5-7-18(8-6-14)9-15-16-12(2)13(3)17(15)4/h11,14,19H,5-10H2,1-4H3/t11-/m0/s1. The highest BCUT2D eigenvalue weighted by molar-refractivity contribution is 5.13. The van der Waals surface area contributed by atoms with Gasteiger partial charge in [-0.25, -0.2) is 4.98 Å². The minimum absolute atomic E-state index is 0.322. The SMILES string of the molecule is Cc1nc(CN2CCC([C@@H](C)CO)CC2)n(C)c1C. The molecule has 4 heteroatoms. The maximum Gasteiger partial charge on any atom is 0.123 e. The van der Waals surface area contributed by atoms with Gasteiger partial charge in [0.05, 0.1) is 12.2 Å². The van der Waals surface area contributed by atoms with Crippen LogP contribution in [0.2, 0.25) is 0 Å². The summed E-state index contributed by atoms with van der Waals surface area (Å²) in [7, 11) is 2.10. The molecule has 2 heterocycles. The van der Waals surface area contributed by atoms with E-state index in [4.69, 9.17) is 0 Å². The van der Waals surface area contributed by atoms with Gasteiger partial charge in [-0.2, -0.15) is 0 Å². The second-order valence-corrected chi connectivity index (χ2v) is 6.03. The van der Waals surface area contributed by atoms with Crippen LogP contribution in [0.4, 0.5) is 0 Å². The van der Waals surface area contributed by atoms with E-state index in [1.54, 1.807) is 0 Å². The number of hydrogen-bond acceptors (Lipinski definition) is 3. The van der Waals surface area contributed by atoms with Crippen LogP contribution in [0.1, 0.15) is 37.0 Å². The van der Waals surface area contributed by atoms with Gasteiger partial charge in [0.15, 0.2) is 0 Å². The first-order chi connectivity index (χ1) is 9.02. The molecule has 4 nitrogen and oxygen atoms in total. The van der Waals surface area contributed by atoms with Gasteiger partial charge in [0, 0.05) is 19.3 Å². The van der Waals surface area contributed by atoms with Crippen LogP contribution in [-0.4, -0.2) is 39.3 Å². The van der Waals surface area contributed by atoms with E-state index >= 15 is 0 Å². The Hall–Kier alpha value is -0.870. The zero-order valence-corrected chi connectivity index (χ0v) is 12.7. The molecular weight excluding hydrogens is 238 g/mol. The number of likely N-dealkylation sites (tertiary alicyclic amines) is 1. The zero-order valence-electron chi connectivity index (χ0n) is 12.7. The Bertz CT molecular complexity index is 419. The number of nitrogens with zero attached hydrogens (tertiary/aromatic N) is 3. The monoisotopic (exact) mass is 265 g/mol. The molecule has 1 aromatic rings. The number of imidazole rings is 1. The number of aromatic nitrogens is 2. The predicted octanol–water partition coefficient (Wildman–Crippen LogP) is 1.88. The topological polar surface area (TPSA) is 41.3 Å². The first-order valence-corrected chi connectivity index (χ1v) is 7.35. The third-order valence-electron chi connectivity index (χ3n) is 4.80. The molecule has 0 radical (unpaired) electrons.